The number of nitrogens with one attached hydrogen (secondary N) is 1. The molecular formula is C23H23BrN2O3S. The lowest BCUT2D eigenvalue weighted by molar-refractivity contribution is -0.120. The van der Waals surface area contributed by atoms with Crippen LogP contribution < -0.4 is 9.62 Å². The molecule has 0 spiro atoms. The van der Waals surface area contributed by atoms with Crippen molar-refractivity contribution in [1.29, 1.82) is 0 Å². The third-order valence-electron chi connectivity index (χ3n) is 4.67. The lowest BCUT2D eigenvalue weighted by atomic mass is 10.1. The average Bonchev–Trinajstić information content (AvgIpc) is 2.73. The SMILES string of the molecule is Cc1ccc([C@@H](C)NC(=O)CN(c2cccc(Br)c2)S(=O)(=O)c2ccccc2)cc1. The van der Waals surface area contributed by atoms with Crippen LogP contribution in [0.5, 0.6) is 0 Å². The number of amides is 1. The van der Waals surface area contributed by atoms with Crippen molar-refractivity contribution >= 4 is 37.5 Å². The molecule has 3 rings (SSSR count). The second-order valence-electron chi connectivity index (χ2n) is 7.00. The maximum absolute atomic E-state index is 13.3. The molecule has 1 N–H and O–H groups in total. The van der Waals surface area contributed by atoms with E-state index < -0.39 is 10.0 Å². The van der Waals surface area contributed by atoms with E-state index in [1.54, 1.807) is 42.5 Å². The van der Waals surface area contributed by atoms with Gasteiger partial charge in [-0.25, -0.2) is 8.42 Å². The molecule has 1 amide bonds. The van der Waals surface area contributed by atoms with Crippen LogP contribution in [0, 0.1) is 6.92 Å². The minimum absolute atomic E-state index is 0.129. The monoisotopic (exact) mass is 486 g/mol. The molecule has 0 unspecified atom stereocenters. The molecule has 3 aromatic rings. The number of carbonyl (C=O) groups is 1. The fourth-order valence-corrected chi connectivity index (χ4v) is 4.84. The fourth-order valence-electron chi connectivity index (χ4n) is 3.02. The summed E-state index contributed by atoms with van der Waals surface area (Å²) in [6, 6.07) is 22.6. The molecule has 1 atom stereocenters. The first-order valence-corrected chi connectivity index (χ1v) is 11.7. The zero-order chi connectivity index (χ0) is 21.7. The summed E-state index contributed by atoms with van der Waals surface area (Å²) in [6.45, 7) is 3.54. The minimum atomic E-state index is -3.92. The van der Waals surface area contributed by atoms with Gasteiger partial charge in [0.15, 0.2) is 0 Å². The number of aryl methyl sites for hydroxylation is 1. The summed E-state index contributed by atoms with van der Waals surface area (Å²) in [5.41, 5.74) is 2.49. The van der Waals surface area contributed by atoms with Gasteiger partial charge in [-0.2, -0.15) is 0 Å². The molecule has 0 radical (unpaired) electrons. The molecule has 0 saturated carbocycles. The van der Waals surface area contributed by atoms with Crippen molar-refractivity contribution in [2.24, 2.45) is 0 Å². The van der Waals surface area contributed by atoms with Gasteiger partial charge < -0.3 is 5.32 Å². The van der Waals surface area contributed by atoms with E-state index in [4.69, 9.17) is 0 Å². The Morgan fingerprint density at radius 2 is 1.67 bits per heavy atom. The number of rotatable bonds is 7. The molecular weight excluding hydrogens is 464 g/mol. The number of anilines is 1. The van der Waals surface area contributed by atoms with E-state index in [1.165, 1.54) is 12.1 Å². The van der Waals surface area contributed by atoms with Crippen molar-refractivity contribution in [1.82, 2.24) is 5.32 Å². The fraction of sp³-hybridized carbons (Fsp3) is 0.174. The molecule has 0 bridgehead atoms. The Hall–Kier alpha value is -2.64. The molecule has 0 fully saturated rings. The Morgan fingerprint density at radius 3 is 2.30 bits per heavy atom. The number of hydrogen-bond acceptors (Lipinski definition) is 3. The van der Waals surface area contributed by atoms with E-state index in [0.717, 1.165) is 19.9 Å². The highest BCUT2D eigenvalue weighted by atomic mass is 79.9. The first-order valence-electron chi connectivity index (χ1n) is 9.46. The Balaban J connectivity index is 1.87. The third-order valence-corrected chi connectivity index (χ3v) is 6.95. The predicted octanol–water partition coefficient (Wildman–Crippen LogP) is 4.83. The number of nitrogens with zero attached hydrogens (tertiary/aromatic N) is 1. The second kappa shape index (κ2) is 9.45. The van der Waals surface area contributed by atoms with Gasteiger partial charge in [-0.1, -0.05) is 70.0 Å². The summed E-state index contributed by atoms with van der Waals surface area (Å²) < 4.78 is 28.5. The smallest absolute Gasteiger partial charge is 0.264 e. The summed E-state index contributed by atoms with van der Waals surface area (Å²) in [5.74, 6) is -0.387. The third kappa shape index (κ3) is 5.29. The largest absolute Gasteiger partial charge is 0.348 e. The lowest BCUT2D eigenvalue weighted by Crippen LogP contribution is -2.41. The van der Waals surface area contributed by atoms with E-state index in [1.807, 2.05) is 38.1 Å². The van der Waals surface area contributed by atoms with Crippen molar-refractivity contribution in [2.45, 2.75) is 24.8 Å². The Bertz CT molecular complexity index is 1120. The van der Waals surface area contributed by atoms with Crippen LogP contribution in [0.1, 0.15) is 24.1 Å². The molecule has 156 valence electrons. The molecule has 3 aromatic carbocycles. The van der Waals surface area contributed by atoms with Crippen LogP contribution in [0.2, 0.25) is 0 Å². The van der Waals surface area contributed by atoms with Crippen LogP contribution in [0.25, 0.3) is 0 Å². The predicted molar refractivity (Wildman–Crippen MR) is 123 cm³/mol. The van der Waals surface area contributed by atoms with Crippen molar-refractivity contribution < 1.29 is 13.2 Å². The summed E-state index contributed by atoms with van der Waals surface area (Å²) in [4.78, 5) is 12.9. The van der Waals surface area contributed by atoms with Crippen LogP contribution in [0.15, 0.2) is 88.2 Å². The van der Waals surface area contributed by atoms with E-state index in [-0.39, 0.29) is 23.4 Å². The van der Waals surface area contributed by atoms with Gasteiger partial charge in [0.25, 0.3) is 10.0 Å². The van der Waals surface area contributed by atoms with Crippen molar-refractivity contribution in [3.05, 3.63) is 94.5 Å². The van der Waals surface area contributed by atoms with Gasteiger partial charge in [-0.05, 0) is 49.7 Å². The van der Waals surface area contributed by atoms with Crippen LogP contribution >= 0.6 is 15.9 Å². The maximum Gasteiger partial charge on any atom is 0.264 e. The summed E-state index contributed by atoms with van der Waals surface area (Å²) in [5, 5.41) is 2.90. The highest BCUT2D eigenvalue weighted by molar-refractivity contribution is 9.10. The number of benzene rings is 3. The van der Waals surface area contributed by atoms with Gasteiger partial charge in [0.05, 0.1) is 16.6 Å². The molecule has 0 aliphatic carbocycles. The Labute approximate surface area is 185 Å². The highest BCUT2D eigenvalue weighted by Crippen LogP contribution is 2.26. The van der Waals surface area contributed by atoms with Crippen molar-refractivity contribution in [3.8, 4) is 0 Å². The first kappa shape index (κ1) is 22.1. The van der Waals surface area contributed by atoms with Gasteiger partial charge in [-0.15, -0.1) is 0 Å². The lowest BCUT2D eigenvalue weighted by Gasteiger charge is -2.25. The molecule has 0 saturated heterocycles. The molecule has 0 aliphatic rings. The van der Waals surface area contributed by atoms with Crippen LogP contribution in [-0.4, -0.2) is 20.9 Å². The van der Waals surface area contributed by atoms with Crippen molar-refractivity contribution in [3.63, 3.8) is 0 Å². The quantitative estimate of drug-likeness (QED) is 0.519. The van der Waals surface area contributed by atoms with E-state index in [0.29, 0.717) is 5.69 Å². The Kier molecular flexibility index (Phi) is 6.95. The molecule has 30 heavy (non-hydrogen) atoms. The number of sulfonamides is 1. The normalized spacial score (nSPS) is 12.2. The van der Waals surface area contributed by atoms with Crippen molar-refractivity contribution in [2.75, 3.05) is 10.8 Å². The van der Waals surface area contributed by atoms with Gasteiger partial charge in [0, 0.05) is 4.47 Å². The zero-order valence-electron chi connectivity index (χ0n) is 16.7. The topological polar surface area (TPSA) is 66.5 Å². The minimum Gasteiger partial charge on any atom is -0.348 e. The van der Waals surface area contributed by atoms with Gasteiger partial charge in [0.2, 0.25) is 5.91 Å². The van der Waals surface area contributed by atoms with Crippen LogP contribution in [0.3, 0.4) is 0 Å². The molecule has 0 heterocycles. The number of hydrogen-bond donors (Lipinski definition) is 1. The first-order chi connectivity index (χ1) is 14.3. The standard InChI is InChI=1S/C23H23BrN2O3S/c1-17-11-13-19(14-12-17)18(2)25-23(27)16-26(21-8-6-7-20(24)15-21)30(28,29)22-9-4-3-5-10-22/h3-15,18H,16H2,1-2H3,(H,25,27)/t18-/m1/s1. The summed E-state index contributed by atoms with van der Waals surface area (Å²) in [7, 11) is -3.92. The highest BCUT2D eigenvalue weighted by Gasteiger charge is 2.27. The van der Waals surface area contributed by atoms with E-state index >= 15 is 0 Å². The number of halogens is 1. The maximum atomic E-state index is 13.3. The van der Waals surface area contributed by atoms with E-state index in [2.05, 4.69) is 21.2 Å². The summed E-state index contributed by atoms with van der Waals surface area (Å²) in [6.07, 6.45) is 0. The van der Waals surface area contributed by atoms with Gasteiger partial charge >= 0.3 is 0 Å². The van der Waals surface area contributed by atoms with Gasteiger partial charge in [-0.3, -0.25) is 9.10 Å². The van der Waals surface area contributed by atoms with Gasteiger partial charge in [0.1, 0.15) is 6.54 Å². The Morgan fingerprint density at radius 1 is 1.00 bits per heavy atom. The molecule has 0 aliphatic heterocycles. The van der Waals surface area contributed by atoms with E-state index in [9.17, 15) is 13.2 Å². The average molecular weight is 487 g/mol. The summed E-state index contributed by atoms with van der Waals surface area (Å²) >= 11 is 3.37. The molecule has 7 heteroatoms. The zero-order valence-corrected chi connectivity index (χ0v) is 19.2. The van der Waals surface area contributed by atoms with Crippen LogP contribution in [-0.2, 0) is 14.8 Å². The molecule has 5 nitrogen and oxygen atoms in total. The number of carbonyl (C=O) groups excluding carboxylic acids is 1. The molecule has 0 aromatic heterocycles. The van der Waals surface area contributed by atoms with Crippen LogP contribution in [0.4, 0.5) is 5.69 Å². The second-order valence-corrected chi connectivity index (χ2v) is 9.78.